The summed E-state index contributed by atoms with van der Waals surface area (Å²) in [6.07, 6.45) is -0.689. The van der Waals surface area contributed by atoms with Gasteiger partial charge in [-0.1, -0.05) is 0 Å². The van der Waals surface area contributed by atoms with Gasteiger partial charge in [-0.3, -0.25) is 0 Å². The minimum Gasteiger partial charge on any atom is -0.479 e. The molecule has 0 spiro atoms. The van der Waals surface area contributed by atoms with Gasteiger partial charge in [-0.15, -0.1) is 0 Å². The van der Waals surface area contributed by atoms with Crippen molar-refractivity contribution < 1.29 is 28.2 Å². The maximum absolute atomic E-state index is 11.3. The molecule has 0 aromatic carbocycles. The third kappa shape index (κ3) is 9.22. The Hall–Kier alpha value is -1.39. The number of carboxylic acid groups (broad SMARTS) is 1. The fourth-order valence-electron chi connectivity index (χ4n) is 1.18. The van der Waals surface area contributed by atoms with Crippen LogP contribution in [0.1, 0.15) is 13.8 Å². The number of rotatable bonds is 7. The van der Waals surface area contributed by atoms with Crippen LogP contribution in [0.2, 0.25) is 0 Å². The van der Waals surface area contributed by atoms with Crippen LogP contribution < -0.4 is 15.4 Å². The van der Waals surface area contributed by atoms with Crippen LogP contribution in [0.5, 0.6) is 0 Å². The van der Waals surface area contributed by atoms with Crippen molar-refractivity contribution in [2.75, 3.05) is 19.3 Å². The van der Waals surface area contributed by atoms with E-state index in [4.69, 9.17) is 10.2 Å². The maximum Gasteiger partial charge on any atom is 0.334 e. The van der Waals surface area contributed by atoms with Crippen LogP contribution in [0.25, 0.3) is 0 Å². The molecule has 0 heterocycles. The van der Waals surface area contributed by atoms with Crippen LogP contribution in [-0.2, 0) is 14.8 Å². The molecular formula is C9H19N3O6S. The molecular weight excluding hydrogens is 278 g/mol. The summed E-state index contributed by atoms with van der Waals surface area (Å²) in [6.45, 7) is 2.69. The van der Waals surface area contributed by atoms with E-state index < -0.39 is 40.2 Å². The summed E-state index contributed by atoms with van der Waals surface area (Å²) >= 11 is 0. The molecule has 9 nitrogen and oxygen atoms in total. The predicted octanol–water partition coefficient (Wildman–Crippen LogP) is -1.94. The number of aliphatic hydroxyl groups is 1. The summed E-state index contributed by atoms with van der Waals surface area (Å²) < 4.78 is 24.4. The number of carbonyl (C=O) groups is 2. The van der Waals surface area contributed by atoms with E-state index in [1.807, 2.05) is 0 Å². The molecule has 0 aliphatic heterocycles. The number of carbonyl (C=O) groups excluding carboxylic acids is 1. The third-order valence-corrected chi connectivity index (χ3v) is 2.82. The van der Waals surface area contributed by atoms with Crippen molar-refractivity contribution in [2.24, 2.45) is 0 Å². The molecule has 0 bridgehead atoms. The number of aliphatic hydroxyl groups excluding tert-OH is 1. The Kier molecular flexibility index (Phi) is 6.19. The Morgan fingerprint density at radius 3 is 2.21 bits per heavy atom. The molecule has 0 radical (unpaired) electrons. The zero-order chi connectivity index (χ0) is 15.3. The summed E-state index contributed by atoms with van der Waals surface area (Å²) in [7, 11) is -3.41. The van der Waals surface area contributed by atoms with Gasteiger partial charge < -0.3 is 20.8 Å². The Labute approximate surface area is 111 Å². The first-order valence-corrected chi connectivity index (χ1v) is 7.23. The van der Waals surface area contributed by atoms with E-state index in [9.17, 15) is 18.0 Å². The number of sulfonamides is 1. The van der Waals surface area contributed by atoms with Crippen molar-refractivity contribution in [3.8, 4) is 0 Å². The average Bonchev–Trinajstić information content (AvgIpc) is 2.19. The van der Waals surface area contributed by atoms with Gasteiger partial charge in [0.1, 0.15) is 0 Å². The highest BCUT2D eigenvalue weighted by Crippen LogP contribution is 2.01. The average molecular weight is 297 g/mol. The molecule has 0 unspecified atom stereocenters. The van der Waals surface area contributed by atoms with Crippen molar-refractivity contribution in [3.05, 3.63) is 0 Å². The van der Waals surface area contributed by atoms with Crippen molar-refractivity contribution in [3.63, 3.8) is 0 Å². The molecule has 2 amide bonds. The fraction of sp³-hybridized carbons (Fsp3) is 0.778. The monoisotopic (exact) mass is 297 g/mol. The highest BCUT2D eigenvalue weighted by Gasteiger charge is 2.23. The number of amides is 2. The summed E-state index contributed by atoms with van der Waals surface area (Å²) in [5.74, 6) is -1.45. The minimum absolute atomic E-state index is 0.00489. The largest absolute Gasteiger partial charge is 0.479 e. The van der Waals surface area contributed by atoms with Crippen LogP contribution in [0.3, 0.4) is 0 Å². The Balaban J connectivity index is 4.12. The third-order valence-electron chi connectivity index (χ3n) is 1.89. The molecule has 10 heteroatoms. The lowest BCUT2D eigenvalue weighted by atomic mass is 10.1. The maximum atomic E-state index is 11.3. The van der Waals surface area contributed by atoms with Crippen LogP contribution in [0, 0.1) is 0 Å². The fourth-order valence-corrected chi connectivity index (χ4v) is 2.25. The van der Waals surface area contributed by atoms with Crippen LogP contribution >= 0.6 is 0 Å². The lowest BCUT2D eigenvalue weighted by molar-refractivity contribution is -0.146. The summed E-state index contributed by atoms with van der Waals surface area (Å²) in [6, 6.07) is -0.705. The van der Waals surface area contributed by atoms with E-state index in [0.29, 0.717) is 0 Å². The first kappa shape index (κ1) is 17.6. The van der Waals surface area contributed by atoms with Crippen LogP contribution in [0.4, 0.5) is 4.79 Å². The molecule has 112 valence electrons. The van der Waals surface area contributed by atoms with Crippen molar-refractivity contribution in [1.82, 2.24) is 15.4 Å². The van der Waals surface area contributed by atoms with Gasteiger partial charge in [0.05, 0.1) is 12.8 Å². The molecule has 1 atom stereocenters. The number of hydrogen-bond donors (Lipinski definition) is 5. The molecule has 0 aromatic rings. The van der Waals surface area contributed by atoms with Gasteiger partial charge in [0.2, 0.25) is 10.0 Å². The highest BCUT2D eigenvalue weighted by atomic mass is 32.2. The van der Waals surface area contributed by atoms with Crippen molar-refractivity contribution in [2.45, 2.75) is 25.5 Å². The van der Waals surface area contributed by atoms with Gasteiger partial charge in [0.25, 0.3) is 0 Å². The summed E-state index contributed by atoms with van der Waals surface area (Å²) in [5, 5.41) is 21.8. The van der Waals surface area contributed by atoms with Crippen LogP contribution in [-0.4, -0.2) is 61.6 Å². The molecule has 0 saturated heterocycles. The zero-order valence-electron chi connectivity index (χ0n) is 10.9. The molecule has 0 aliphatic carbocycles. The lowest BCUT2D eigenvalue weighted by Gasteiger charge is -2.25. The Bertz CT molecular complexity index is 433. The summed E-state index contributed by atoms with van der Waals surface area (Å²) in [4.78, 5) is 21.6. The van der Waals surface area contributed by atoms with Gasteiger partial charge in [-0.2, -0.15) is 0 Å². The lowest BCUT2D eigenvalue weighted by Crippen LogP contribution is -2.53. The van der Waals surface area contributed by atoms with E-state index in [0.717, 1.165) is 6.26 Å². The zero-order valence-corrected chi connectivity index (χ0v) is 11.7. The van der Waals surface area contributed by atoms with Crippen LogP contribution in [0.15, 0.2) is 0 Å². The van der Waals surface area contributed by atoms with Gasteiger partial charge in [0.15, 0.2) is 6.10 Å². The van der Waals surface area contributed by atoms with Crippen molar-refractivity contribution in [1.29, 1.82) is 0 Å². The SMILES string of the molecule is CC(C)(CNC(=O)NC[C@H](O)C(=O)O)NS(C)(=O)=O. The van der Waals surface area contributed by atoms with E-state index in [2.05, 4.69) is 15.4 Å². The van der Waals surface area contributed by atoms with Gasteiger partial charge in [-0.25, -0.2) is 22.7 Å². The smallest absolute Gasteiger partial charge is 0.334 e. The van der Waals surface area contributed by atoms with E-state index in [1.54, 1.807) is 13.8 Å². The van der Waals surface area contributed by atoms with E-state index in [-0.39, 0.29) is 6.54 Å². The molecule has 19 heavy (non-hydrogen) atoms. The van der Waals surface area contributed by atoms with E-state index >= 15 is 0 Å². The number of aliphatic carboxylic acids is 1. The Morgan fingerprint density at radius 1 is 1.26 bits per heavy atom. The number of nitrogens with one attached hydrogen (secondary N) is 3. The Morgan fingerprint density at radius 2 is 1.79 bits per heavy atom. The number of urea groups is 1. The second-order valence-corrected chi connectivity index (χ2v) is 6.42. The molecule has 0 aromatic heterocycles. The predicted molar refractivity (Wildman–Crippen MR) is 67.1 cm³/mol. The van der Waals surface area contributed by atoms with Gasteiger partial charge in [-0.05, 0) is 13.8 Å². The quantitative estimate of drug-likeness (QED) is 0.369. The normalized spacial score (nSPS) is 13.7. The highest BCUT2D eigenvalue weighted by molar-refractivity contribution is 7.88. The van der Waals surface area contributed by atoms with Crippen molar-refractivity contribution >= 4 is 22.0 Å². The first-order chi connectivity index (χ1) is 8.43. The number of hydrogen-bond acceptors (Lipinski definition) is 5. The number of carboxylic acids is 1. The summed E-state index contributed by atoms with van der Waals surface area (Å²) in [5.41, 5.74) is -0.893. The first-order valence-electron chi connectivity index (χ1n) is 5.34. The molecule has 0 saturated carbocycles. The second-order valence-electron chi connectivity index (χ2n) is 4.68. The molecule has 0 aliphatic rings. The molecule has 5 N–H and O–H groups in total. The standard InChI is InChI=1S/C9H19N3O6S/c1-9(2,12-19(3,17)18)5-11-8(16)10-4-6(13)7(14)15/h6,12-13H,4-5H2,1-3H3,(H,14,15)(H2,10,11,16)/t6-/m0/s1. The van der Waals surface area contributed by atoms with E-state index in [1.165, 1.54) is 0 Å². The molecule has 0 rings (SSSR count). The van der Waals surface area contributed by atoms with Gasteiger partial charge >= 0.3 is 12.0 Å². The topological polar surface area (TPSA) is 145 Å². The van der Waals surface area contributed by atoms with Gasteiger partial charge in [0, 0.05) is 12.1 Å². The molecule has 0 fully saturated rings. The minimum atomic E-state index is -3.41. The second kappa shape index (κ2) is 6.68.